The highest BCUT2D eigenvalue weighted by Crippen LogP contribution is 2.36. The molecule has 2 aromatic rings. The average Bonchev–Trinajstić information content (AvgIpc) is 2.86. The zero-order chi connectivity index (χ0) is 18.1. The molecule has 138 valence electrons. The third-order valence-electron chi connectivity index (χ3n) is 5.28. The summed E-state index contributed by atoms with van der Waals surface area (Å²) >= 11 is 1.64. The number of urea groups is 1. The van der Waals surface area contributed by atoms with Gasteiger partial charge in [-0.2, -0.15) is 5.10 Å². The van der Waals surface area contributed by atoms with Gasteiger partial charge in [-0.15, -0.1) is 0 Å². The maximum Gasteiger partial charge on any atom is 0.322 e. The lowest BCUT2D eigenvalue weighted by atomic mass is 9.95. The van der Waals surface area contributed by atoms with Crippen molar-refractivity contribution in [2.45, 2.75) is 42.5 Å². The van der Waals surface area contributed by atoms with E-state index in [0.29, 0.717) is 12.0 Å². The number of hydrogen-bond acceptors (Lipinski definition) is 4. The molecule has 3 aliphatic heterocycles. The molecule has 2 bridgehead atoms. The highest BCUT2D eigenvalue weighted by atomic mass is 32.2. The number of aryl methyl sites for hydroxylation is 2. The summed E-state index contributed by atoms with van der Waals surface area (Å²) in [5, 5.41) is 13.9. The zero-order valence-electron chi connectivity index (χ0n) is 15.2. The Bertz CT molecular complexity index is 781. The number of H-pyrrole nitrogens is 1. The number of anilines is 1. The van der Waals surface area contributed by atoms with Crippen molar-refractivity contribution in [2.75, 3.05) is 25.0 Å². The summed E-state index contributed by atoms with van der Waals surface area (Å²) in [7, 11) is 0. The van der Waals surface area contributed by atoms with Gasteiger partial charge in [0, 0.05) is 29.7 Å². The van der Waals surface area contributed by atoms with E-state index < -0.39 is 0 Å². The number of aromatic amines is 1. The van der Waals surface area contributed by atoms with Gasteiger partial charge in [0.05, 0.1) is 16.3 Å². The quantitative estimate of drug-likeness (QED) is 0.773. The van der Waals surface area contributed by atoms with Crippen LogP contribution in [0.5, 0.6) is 0 Å². The van der Waals surface area contributed by atoms with Crippen LogP contribution >= 0.6 is 11.8 Å². The van der Waals surface area contributed by atoms with Crippen molar-refractivity contribution in [3.63, 3.8) is 0 Å². The fraction of sp³-hybridized carbons (Fsp3) is 0.474. The molecule has 4 heterocycles. The third-order valence-corrected chi connectivity index (χ3v) is 6.66. The molecule has 1 aromatic heterocycles. The highest BCUT2D eigenvalue weighted by Gasteiger charge is 2.34. The minimum absolute atomic E-state index is 0.0112. The van der Waals surface area contributed by atoms with Crippen molar-refractivity contribution in [3.8, 4) is 0 Å². The van der Waals surface area contributed by atoms with E-state index in [0.717, 1.165) is 52.9 Å². The molecule has 7 heteroatoms. The maximum atomic E-state index is 13.0. The fourth-order valence-corrected chi connectivity index (χ4v) is 4.82. The predicted octanol–water partition coefficient (Wildman–Crippen LogP) is 3.39. The van der Waals surface area contributed by atoms with Gasteiger partial charge in [-0.25, -0.2) is 4.79 Å². The molecule has 2 atom stereocenters. The van der Waals surface area contributed by atoms with Crippen molar-refractivity contribution < 1.29 is 4.79 Å². The summed E-state index contributed by atoms with van der Waals surface area (Å²) in [6.45, 7) is 6.77. The second-order valence-corrected chi connectivity index (χ2v) is 8.25. The molecule has 0 saturated carbocycles. The topological polar surface area (TPSA) is 73.0 Å². The fourth-order valence-electron chi connectivity index (χ4n) is 3.83. The number of carbonyl (C=O) groups is 1. The first-order chi connectivity index (χ1) is 12.6. The van der Waals surface area contributed by atoms with Crippen LogP contribution in [0.2, 0.25) is 0 Å². The maximum absolute atomic E-state index is 13.0. The molecule has 5 rings (SSSR count). The Morgan fingerprint density at radius 2 is 2.12 bits per heavy atom. The Kier molecular flexibility index (Phi) is 4.91. The molecular formula is C19H25N5OS. The average molecular weight is 372 g/mol. The van der Waals surface area contributed by atoms with E-state index in [9.17, 15) is 4.79 Å². The lowest BCUT2D eigenvalue weighted by molar-refractivity contribution is 0.153. The summed E-state index contributed by atoms with van der Waals surface area (Å²) in [6, 6.07) is 8.29. The minimum atomic E-state index is 0.0112. The number of hydrogen-bond donors (Lipinski definition) is 3. The molecule has 0 radical (unpaired) electrons. The number of nitrogens with zero attached hydrogens (tertiary/aromatic N) is 2. The molecule has 0 spiro atoms. The van der Waals surface area contributed by atoms with Crippen LogP contribution in [0.25, 0.3) is 0 Å². The molecular weight excluding hydrogens is 346 g/mol. The Labute approximate surface area is 158 Å². The van der Waals surface area contributed by atoms with Gasteiger partial charge in [-0.3, -0.25) is 5.10 Å². The summed E-state index contributed by atoms with van der Waals surface area (Å²) in [5.41, 5.74) is 2.88. The monoisotopic (exact) mass is 371 g/mol. The number of para-hydroxylation sites is 1. The number of amides is 2. The van der Waals surface area contributed by atoms with Gasteiger partial charge in [-0.1, -0.05) is 23.9 Å². The highest BCUT2D eigenvalue weighted by molar-refractivity contribution is 7.99. The normalized spacial score (nSPS) is 22.3. The van der Waals surface area contributed by atoms with Gasteiger partial charge < -0.3 is 15.5 Å². The zero-order valence-corrected chi connectivity index (χ0v) is 16.0. The summed E-state index contributed by atoms with van der Waals surface area (Å²) < 4.78 is 0. The first-order valence-corrected chi connectivity index (χ1v) is 10.00. The number of aromatic nitrogens is 2. The van der Waals surface area contributed by atoms with Gasteiger partial charge in [0.1, 0.15) is 0 Å². The first kappa shape index (κ1) is 17.4. The van der Waals surface area contributed by atoms with Crippen molar-refractivity contribution in [1.29, 1.82) is 0 Å². The van der Waals surface area contributed by atoms with Crippen molar-refractivity contribution in [2.24, 2.45) is 5.92 Å². The van der Waals surface area contributed by atoms with Crippen molar-refractivity contribution in [3.05, 3.63) is 35.7 Å². The summed E-state index contributed by atoms with van der Waals surface area (Å²) in [5.74, 6) is 0.570. The van der Waals surface area contributed by atoms with E-state index in [-0.39, 0.29) is 6.03 Å². The molecule has 0 unspecified atom stereocenters. The lowest BCUT2D eigenvalue weighted by Gasteiger charge is -2.36. The minimum Gasteiger partial charge on any atom is -0.320 e. The van der Waals surface area contributed by atoms with Gasteiger partial charge in [0.2, 0.25) is 0 Å². The Morgan fingerprint density at radius 1 is 1.27 bits per heavy atom. The first-order valence-electron chi connectivity index (χ1n) is 9.18. The van der Waals surface area contributed by atoms with Crippen LogP contribution in [-0.4, -0.2) is 46.8 Å². The van der Waals surface area contributed by atoms with E-state index in [4.69, 9.17) is 0 Å². The Morgan fingerprint density at radius 3 is 2.92 bits per heavy atom. The standard InChI is InChI=1S/C19H25N5OS/c1-12-18(13(2)23-22-12)26-17-6-4-3-5-16(17)21-19(25)24-11-14-7-8-15(24)10-20-9-14/h3-6,14-15,20H,7-11H2,1-2H3,(H,21,25)(H,22,23)/t14-,15+/m1/s1. The van der Waals surface area contributed by atoms with E-state index in [1.54, 1.807) is 11.8 Å². The molecule has 2 amide bonds. The summed E-state index contributed by atoms with van der Waals surface area (Å²) in [6.07, 6.45) is 2.31. The van der Waals surface area contributed by atoms with Crippen LogP contribution in [0.15, 0.2) is 34.1 Å². The summed E-state index contributed by atoms with van der Waals surface area (Å²) in [4.78, 5) is 17.1. The smallest absolute Gasteiger partial charge is 0.320 e. The second kappa shape index (κ2) is 7.32. The van der Waals surface area contributed by atoms with Crippen molar-refractivity contribution in [1.82, 2.24) is 20.4 Å². The molecule has 6 nitrogen and oxygen atoms in total. The van der Waals surface area contributed by atoms with Gasteiger partial charge in [0.25, 0.3) is 0 Å². The largest absolute Gasteiger partial charge is 0.322 e. The Balaban J connectivity index is 1.52. The number of piperidine rings is 1. The van der Waals surface area contributed by atoms with Gasteiger partial charge in [-0.05, 0) is 51.3 Å². The predicted molar refractivity (Wildman–Crippen MR) is 104 cm³/mol. The van der Waals surface area contributed by atoms with Gasteiger partial charge >= 0.3 is 6.03 Å². The number of carbonyl (C=O) groups excluding carboxylic acids is 1. The van der Waals surface area contributed by atoms with Crippen LogP contribution in [0.4, 0.5) is 10.5 Å². The van der Waals surface area contributed by atoms with Crippen LogP contribution in [0.1, 0.15) is 24.2 Å². The molecule has 26 heavy (non-hydrogen) atoms. The van der Waals surface area contributed by atoms with E-state index >= 15 is 0 Å². The van der Waals surface area contributed by atoms with Gasteiger partial charge in [0.15, 0.2) is 0 Å². The lowest BCUT2D eigenvalue weighted by Crippen LogP contribution is -2.49. The number of nitrogens with one attached hydrogen (secondary N) is 3. The Hall–Kier alpha value is -1.99. The molecule has 1 aromatic carbocycles. The van der Waals surface area contributed by atoms with Crippen LogP contribution in [0.3, 0.4) is 0 Å². The van der Waals surface area contributed by atoms with Crippen LogP contribution in [-0.2, 0) is 0 Å². The molecule has 3 fully saturated rings. The third kappa shape index (κ3) is 3.46. The molecule has 3 N–H and O–H groups in total. The number of fused-ring (bicyclic) bond motifs is 4. The van der Waals surface area contributed by atoms with Crippen LogP contribution < -0.4 is 10.6 Å². The van der Waals surface area contributed by atoms with E-state index in [1.165, 1.54) is 6.42 Å². The molecule has 0 aliphatic carbocycles. The van der Waals surface area contributed by atoms with Crippen molar-refractivity contribution >= 4 is 23.5 Å². The molecule has 3 saturated heterocycles. The van der Waals surface area contributed by atoms with Crippen LogP contribution in [0, 0.1) is 19.8 Å². The number of benzene rings is 1. The van der Waals surface area contributed by atoms with E-state index in [2.05, 4.69) is 20.8 Å². The molecule has 3 aliphatic rings. The number of rotatable bonds is 3. The van der Waals surface area contributed by atoms with E-state index in [1.807, 2.05) is 43.0 Å². The second-order valence-electron chi connectivity index (χ2n) is 7.20. The SMILES string of the molecule is Cc1n[nH]c(C)c1Sc1ccccc1NC(=O)N1C[C@@H]2CC[C@H]1CNC2.